The Labute approximate surface area is 96.3 Å². The van der Waals surface area contributed by atoms with E-state index in [9.17, 15) is 0 Å². The molecule has 1 rings (SSSR count). The smallest absolute Gasteiger partial charge is 0.107 e. The zero-order valence-electron chi connectivity index (χ0n) is 10.1. The molecule has 0 aliphatic carbocycles. The first-order valence-corrected chi connectivity index (χ1v) is 6.22. The number of nitrogens with one attached hydrogen (secondary N) is 2. The Kier molecular flexibility index (Phi) is 4.70. The number of likely N-dealkylation sites (N-methyl/N-ethyl adjacent to an activating group) is 1. The van der Waals surface area contributed by atoms with Gasteiger partial charge in [-0.25, -0.2) is 4.98 Å². The van der Waals surface area contributed by atoms with Crippen molar-refractivity contribution < 1.29 is 0 Å². The third-order valence-corrected chi connectivity index (χ3v) is 3.61. The molecule has 0 spiro atoms. The number of hydrogen-bond acceptors (Lipinski definition) is 4. The monoisotopic (exact) mass is 227 g/mol. The fourth-order valence-electron chi connectivity index (χ4n) is 1.16. The predicted octanol–water partition coefficient (Wildman–Crippen LogP) is 1.79. The standard InChI is InChI=1S/C11H21N3S/c1-5-9-6-14-10(15-9)7-13-8-11(2,3)12-4/h6,12-13H,5,7-8H2,1-4H3. The zero-order valence-corrected chi connectivity index (χ0v) is 10.9. The molecule has 0 amide bonds. The molecule has 1 heterocycles. The summed E-state index contributed by atoms with van der Waals surface area (Å²) in [7, 11) is 1.99. The summed E-state index contributed by atoms with van der Waals surface area (Å²) in [5.41, 5.74) is 0.144. The first-order valence-electron chi connectivity index (χ1n) is 5.40. The quantitative estimate of drug-likeness (QED) is 0.778. The first kappa shape index (κ1) is 12.6. The van der Waals surface area contributed by atoms with Crippen molar-refractivity contribution in [2.24, 2.45) is 0 Å². The summed E-state index contributed by atoms with van der Waals surface area (Å²) in [5.74, 6) is 0. The molecule has 0 saturated heterocycles. The zero-order chi connectivity index (χ0) is 11.3. The molecule has 0 radical (unpaired) electrons. The van der Waals surface area contributed by atoms with E-state index in [1.54, 1.807) is 11.3 Å². The van der Waals surface area contributed by atoms with Gasteiger partial charge in [-0.05, 0) is 27.3 Å². The lowest BCUT2D eigenvalue weighted by molar-refractivity contribution is 0.393. The number of aromatic nitrogens is 1. The van der Waals surface area contributed by atoms with E-state index in [-0.39, 0.29) is 5.54 Å². The van der Waals surface area contributed by atoms with Crippen LogP contribution >= 0.6 is 11.3 Å². The molecule has 1 aromatic heterocycles. The third-order valence-electron chi connectivity index (χ3n) is 2.47. The summed E-state index contributed by atoms with van der Waals surface area (Å²) in [6.07, 6.45) is 3.06. The highest BCUT2D eigenvalue weighted by atomic mass is 32.1. The highest BCUT2D eigenvalue weighted by Crippen LogP contribution is 2.13. The van der Waals surface area contributed by atoms with Crippen LogP contribution < -0.4 is 10.6 Å². The average molecular weight is 227 g/mol. The molecule has 0 unspecified atom stereocenters. The average Bonchev–Trinajstić information content (AvgIpc) is 2.66. The van der Waals surface area contributed by atoms with Crippen molar-refractivity contribution in [3.63, 3.8) is 0 Å². The van der Waals surface area contributed by atoms with Gasteiger partial charge >= 0.3 is 0 Å². The molecule has 1 aromatic rings. The minimum Gasteiger partial charge on any atom is -0.314 e. The van der Waals surface area contributed by atoms with E-state index in [2.05, 4.69) is 36.4 Å². The Morgan fingerprint density at radius 3 is 2.73 bits per heavy atom. The molecular formula is C11H21N3S. The summed E-state index contributed by atoms with van der Waals surface area (Å²) in [6.45, 7) is 8.34. The van der Waals surface area contributed by atoms with Gasteiger partial charge in [0.2, 0.25) is 0 Å². The first-order chi connectivity index (χ1) is 7.07. The Hall–Kier alpha value is -0.450. The van der Waals surface area contributed by atoms with Gasteiger partial charge < -0.3 is 10.6 Å². The van der Waals surface area contributed by atoms with E-state index < -0.39 is 0 Å². The van der Waals surface area contributed by atoms with Crippen molar-refractivity contribution in [2.75, 3.05) is 13.6 Å². The van der Waals surface area contributed by atoms with Gasteiger partial charge in [0.1, 0.15) is 5.01 Å². The molecule has 0 aromatic carbocycles. The number of rotatable bonds is 6. The Morgan fingerprint density at radius 2 is 2.20 bits per heavy atom. The summed E-state index contributed by atoms with van der Waals surface area (Å²) in [5, 5.41) is 7.86. The molecule has 86 valence electrons. The summed E-state index contributed by atoms with van der Waals surface area (Å²) in [4.78, 5) is 5.73. The van der Waals surface area contributed by atoms with Crippen LogP contribution in [0.4, 0.5) is 0 Å². The fraction of sp³-hybridized carbons (Fsp3) is 0.727. The lowest BCUT2D eigenvalue weighted by atomic mass is 10.1. The van der Waals surface area contributed by atoms with Gasteiger partial charge in [-0.2, -0.15) is 0 Å². The molecule has 4 heteroatoms. The van der Waals surface area contributed by atoms with Crippen LogP contribution in [0, 0.1) is 0 Å². The van der Waals surface area contributed by atoms with Gasteiger partial charge in [0, 0.05) is 29.7 Å². The molecule has 0 bridgehead atoms. The van der Waals surface area contributed by atoms with Gasteiger partial charge in [-0.1, -0.05) is 6.92 Å². The van der Waals surface area contributed by atoms with Gasteiger partial charge in [0.25, 0.3) is 0 Å². The van der Waals surface area contributed by atoms with Crippen molar-refractivity contribution in [3.8, 4) is 0 Å². The molecular weight excluding hydrogens is 206 g/mol. The van der Waals surface area contributed by atoms with Crippen molar-refractivity contribution in [2.45, 2.75) is 39.3 Å². The summed E-state index contributed by atoms with van der Waals surface area (Å²) < 4.78 is 0. The number of nitrogens with zero attached hydrogens (tertiary/aromatic N) is 1. The number of hydrogen-bond donors (Lipinski definition) is 2. The molecule has 0 aliphatic rings. The van der Waals surface area contributed by atoms with Gasteiger partial charge in [-0.15, -0.1) is 11.3 Å². The Balaban J connectivity index is 2.31. The topological polar surface area (TPSA) is 37.0 Å². The van der Waals surface area contributed by atoms with Crippen molar-refractivity contribution in [3.05, 3.63) is 16.1 Å². The van der Waals surface area contributed by atoms with E-state index in [1.165, 1.54) is 9.88 Å². The van der Waals surface area contributed by atoms with Crippen LogP contribution in [0.1, 0.15) is 30.7 Å². The van der Waals surface area contributed by atoms with Crippen LogP contribution in [0.2, 0.25) is 0 Å². The van der Waals surface area contributed by atoms with Crippen molar-refractivity contribution >= 4 is 11.3 Å². The normalized spacial score (nSPS) is 12.0. The maximum atomic E-state index is 4.37. The maximum Gasteiger partial charge on any atom is 0.107 e. The Bertz CT molecular complexity index is 294. The van der Waals surface area contributed by atoms with Gasteiger partial charge in [-0.3, -0.25) is 0 Å². The SMILES string of the molecule is CCc1cnc(CNCC(C)(C)NC)s1. The molecule has 0 atom stereocenters. The second kappa shape index (κ2) is 5.58. The van der Waals surface area contributed by atoms with Gasteiger partial charge in [0.15, 0.2) is 0 Å². The Morgan fingerprint density at radius 1 is 1.47 bits per heavy atom. The van der Waals surface area contributed by atoms with Crippen LogP contribution in [0.5, 0.6) is 0 Å². The van der Waals surface area contributed by atoms with E-state index >= 15 is 0 Å². The molecule has 0 saturated carbocycles. The lowest BCUT2D eigenvalue weighted by Gasteiger charge is -2.24. The van der Waals surface area contributed by atoms with E-state index in [1.807, 2.05) is 13.2 Å². The number of aryl methyl sites for hydroxylation is 1. The van der Waals surface area contributed by atoms with E-state index in [0.717, 1.165) is 19.5 Å². The van der Waals surface area contributed by atoms with Crippen molar-refractivity contribution in [1.29, 1.82) is 0 Å². The van der Waals surface area contributed by atoms with Crippen LogP contribution in [0.3, 0.4) is 0 Å². The highest BCUT2D eigenvalue weighted by molar-refractivity contribution is 7.11. The second-order valence-electron chi connectivity index (χ2n) is 4.31. The minimum atomic E-state index is 0.144. The largest absolute Gasteiger partial charge is 0.314 e. The van der Waals surface area contributed by atoms with E-state index in [0.29, 0.717) is 0 Å². The van der Waals surface area contributed by atoms with Crippen LogP contribution in [0.15, 0.2) is 6.20 Å². The molecule has 2 N–H and O–H groups in total. The van der Waals surface area contributed by atoms with Crippen molar-refractivity contribution in [1.82, 2.24) is 15.6 Å². The molecule has 15 heavy (non-hydrogen) atoms. The second-order valence-corrected chi connectivity index (χ2v) is 5.51. The molecule has 0 fully saturated rings. The minimum absolute atomic E-state index is 0.144. The summed E-state index contributed by atoms with van der Waals surface area (Å²) in [6, 6.07) is 0. The van der Waals surface area contributed by atoms with Crippen LogP contribution in [0.25, 0.3) is 0 Å². The number of thiazole rings is 1. The highest BCUT2D eigenvalue weighted by Gasteiger charge is 2.13. The maximum absolute atomic E-state index is 4.37. The van der Waals surface area contributed by atoms with Crippen LogP contribution in [-0.2, 0) is 13.0 Å². The van der Waals surface area contributed by atoms with Crippen LogP contribution in [-0.4, -0.2) is 24.1 Å². The fourth-order valence-corrected chi connectivity index (χ4v) is 2.00. The molecule has 3 nitrogen and oxygen atoms in total. The summed E-state index contributed by atoms with van der Waals surface area (Å²) >= 11 is 1.80. The van der Waals surface area contributed by atoms with Gasteiger partial charge in [0.05, 0.1) is 0 Å². The predicted molar refractivity (Wildman–Crippen MR) is 66.3 cm³/mol. The molecule has 0 aliphatic heterocycles. The lowest BCUT2D eigenvalue weighted by Crippen LogP contribution is -2.45. The van der Waals surface area contributed by atoms with E-state index in [4.69, 9.17) is 0 Å². The third kappa shape index (κ3) is 4.28.